The molecule has 5 heteroatoms. The fourth-order valence-corrected chi connectivity index (χ4v) is 2.80. The average molecular weight is 292 g/mol. The summed E-state index contributed by atoms with van der Waals surface area (Å²) >= 11 is 0. The lowest BCUT2D eigenvalue weighted by Crippen LogP contribution is -2.48. The summed E-state index contributed by atoms with van der Waals surface area (Å²) in [7, 11) is 0. The first-order valence-electron chi connectivity index (χ1n) is 7.95. The smallest absolute Gasteiger partial charge is 0.227 e. The maximum Gasteiger partial charge on any atom is 0.227 e. The van der Waals surface area contributed by atoms with Crippen molar-refractivity contribution in [2.24, 2.45) is 5.41 Å². The molecule has 0 bridgehead atoms. The molecule has 5 nitrogen and oxygen atoms in total. The minimum Gasteiger partial charge on any atom is -0.342 e. The number of nitrogens with one attached hydrogen (secondary N) is 1. The van der Waals surface area contributed by atoms with E-state index in [0.29, 0.717) is 6.04 Å². The van der Waals surface area contributed by atoms with Crippen LogP contribution in [0.2, 0.25) is 0 Å². The summed E-state index contributed by atoms with van der Waals surface area (Å²) in [4.78, 5) is 14.3. The molecule has 0 atom stereocenters. The molecule has 1 aliphatic heterocycles. The third-order valence-electron chi connectivity index (χ3n) is 4.10. The normalized spacial score (nSPS) is 17.2. The van der Waals surface area contributed by atoms with Crippen molar-refractivity contribution in [1.82, 2.24) is 20.0 Å². The van der Waals surface area contributed by atoms with Gasteiger partial charge in [-0.2, -0.15) is 5.10 Å². The quantitative estimate of drug-likeness (QED) is 0.924. The molecule has 0 radical (unpaired) electrons. The Balaban J connectivity index is 1.78. The standard InChI is InChI=1S/C16H28N4O/c1-5-20-14(6-9-18-20)12-17-13-7-10-19(11-8-13)15(21)16(2,3)4/h6,9,13,17H,5,7-8,10-12H2,1-4H3. The first-order chi connectivity index (χ1) is 9.91. The van der Waals surface area contributed by atoms with Crippen LogP contribution < -0.4 is 5.32 Å². The summed E-state index contributed by atoms with van der Waals surface area (Å²) in [5, 5.41) is 7.88. The zero-order chi connectivity index (χ0) is 15.5. The fraction of sp³-hybridized carbons (Fsp3) is 0.750. The highest BCUT2D eigenvalue weighted by molar-refractivity contribution is 5.81. The van der Waals surface area contributed by atoms with Gasteiger partial charge in [0.2, 0.25) is 5.91 Å². The number of carbonyl (C=O) groups is 1. The Hall–Kier alpha value is -1.36. The monoisotopic (exact) mass is 292 g/mol. The first-order valence-corrected chi connectivity index (χ1v) is 7.95. The zero-order valence-electron chi connectivity index (χ0n) is 13.7. The van der Waals surface area contributed by atoms with Crippen LogP contribution in [0.3, 0.4) is 0 Å². The van der Waals surface area contributed by atoms with Crippen LogP contribution in [0.5, 0.6) is 0 Å². The van der Waals surface area contributed by atoms with Crippen molar-refractivity contribution < 1.29 is 4.79 Å². The van der Waals surface area contributed by atoms with Gasteiger partial charge in [-0.3, -0.25) is 9.48 Å². The van der Waals surface area contributed by atoms with Crippen LogP contribution in [0.15, 0.2) is 12.3 Å². The van der Waals surface area contributed by atoms with Crippen LogP contribution in [0, 0.1) is 5.41 Å². The first kappa shape index (κ1) is 16.0. The lowest BCUT2D eigenvalue weighted by Gasteiger charge is -2.36. The molecule has 1 amide bonds. The van der Waals surface area contributed by atoms with Gasteiger partial charge in [0.25, 0.3) is 0 Å². The van der Waals surface area contributed by atoms with Gasteiger partial charge in [-0.25, -0.2) is 0 Å². The number of hydrogen-bond acceptors (Lipinski definition) is 3. The Bertz CT molecular complexity index is 467. The van der Waals surface area contributed by atoms with Gasteiger partial charge >= 0.3 is 0 Å². The largest absolute Gasteiger partial charge is 0.342 e. The van der Waals surface area contributed by atoms with E-state index in [1.807, 2.05) is 36.5 Å². The topological polar surface area (TPSA) is 50.2 Å². The second-order valence-corrected chi connectivity index (χ2v) is 6.84. The summed E-state index contributed by atoms with van der Waals surface area (Å²) in [5.74, 6) is 0.269. The Labute approximate surface area is 127 Å². The van der Waals surface area contributed by atoms with E-state index in [2.05, 4.69) is 23.4 Å². The molecule has 1 aromatic rings. The maximum atomic E-state index is 12.2. The van der Waals surface area contributed by atoms with Gasteiger partial charge in [0, 0.05) is 43.8 Å². The van der Waals surface area contributed by atoms with E-state index < -0.39 is 0 Å². The number of likely N-dealkylation sites (tertiary alicyclic amines) is 1. The molecular formula is C16H28N4O. The van der Waals surface area contributed by atoms with Crippen molar-refractivity contribution in [3.05, 3.63) is 18.0 Å². The molecule has 0 aromatic carbocycles. The predicted molar refractivity (Wildman–Crippen MR) is 83.8 cm³/mol. The van der Waals surface area contributed by atoms with Gasteiger partial charge < -0.3 is 10.2 Å². The van der Waals surface area contributed by atoms with Gasteiger partial charge in [0.1, 0.15) is 0 Å². The third-order valence-corrected chi connectivity index (χ3v) is 4.10. The average Bonchev–Trinajstić information content (AvgIpc) is 2.91. The number of aromatic nitrogens is 2. The van der Waals surface area contributed by atoms with E-state index in [1.54, 1.807) is 0 Å². The van der Waals surface area contributed by atoms with Crippen molar-refractivity contribution in [1.29, 1.82) is 0 Å². The number of carbonyl (C=O) groups excluding carboxylic acids is 1. The molecule has 1 aliphatic rings. The van der Waals surface area contributed by atoms with E-state index in [-0.39, 0.29) is 11.3 Å². The summed E-state index contributed by atoms with van der Waals surface area (Å²) in [5.41, 5.74) is 0.958. The molecule has 1 N–H and O–H groups in total. The summed E-state index contributed by atoms with van der Waals surface area (Å²) in [6.07, 6.45) is 3.91. The number of nitrogens with zero attached hydrogens (tertiary/aromatic N) is 3. The molecule has 118 valence electrons. The number of amides is 1. The molecule has 2 rings (SSSR count). The molecule has 21 heavy (non-hydrogen) atoms. The Kier molecular flexibility index (Phi) is 5.04. The molecule has 1 saturated heterocycles. The van der Waals surface area contributed by atoms with Gasteiger partial charge in [-0.05, 0) is 25.8 Å². The van der Waals surface area contributed by atoms with Crippen LogP contribution in [0.25, 0.3) is 0 Å². The highest BCUT2D eigenvalue weighted by Crippen LogP contribution is 2.21. The number of hydrogen-bond donors (Lipinski definition) is 1. The molecular weight excluding hydrogens is 264 g/mol. The lowest BCUT2D eigenvalue weighted by molar-refractivity contribution is -0.140. The highest BCUT2D eigenvalue weighted by atomic mass is 16.2. The molecule has 0 spiro atoms. The van der Waals surface area contributed by atoms with Crippen molar-refractivity contribution in [3.8, 4) is 0 Å². The van der Waals surface area contributed by atoms with Gasteiger partial charge in [0.05, 0.1) is 5.69 Å². The molecule has 0 aliphatic carbocycles. The van der Waals surface area contributed by atoms with Crippen LogP contribution in [-0.2, 0) is 17.9 Å². The molecule has 2 heterocycles. The van der Waals surface area contributed by atoms with E-state index in [9.17, 15) is 4.79 Å². The molecule has 0 unspecified atom stereocenters. The SMILES string of the molecule is CCn1nccc1CNC1CCN(C(=O)C(C)(C)C)CC1. The Morgan fingerprint density at radius 3 is 2.62 bits per heavy atom. The van der Waals surface area contributed by atoms with Crippen LogP contribution in [-0.4, -0.2) is 39.7 Å². The van der Waals surface area contributed by atoms with E-state index in [1.165, 1.54) is 5.69 Å². The van der Waals surface area contributed by atoms with E-state index in [4.69, 9.17) is 0 Å². The molecule has 1 fully saturated rings. The summed E-state index contributed by atoms with van der Waals surface area (Å²) in [6, 6.07) is 2.56. The highest BCUT2D eigenvalue weighted by Gasteiger charge is 2.30. The minimum absolute atomic E-state index is 0.269. The number of rotatable bonds is 4. The van der Waals surface area contributed by atoms with Crippen molar-refractivity contribution in [3.63, 3.8) is 0 Å². The van der Waals surface area contributed by atoms with Crippen LogP contribution in [0.4, 0.5) is 0 Å². The fourth-order valence-electron chi connectivity index (χ4n) is 2.80. The number of piperidine rings is 1. The Morgan fingerprint density at radius 1 is 1.38 bits per heavy atom. The van der Waals surface area contributed by atoms with Crippen molar-refractivity contribution >= 4 is 5.91 Å². The van der Waals surface area contributed by atoms with E-state index in [0.717, 1.165) is 39.0 Å². The van der Waals surface area contributed by atoms with Crippen molar-refractivity contribution in [2.75, 3.05) is 13.1 Å². The summed E-state index contributed by atoms with van der Waals surface area (Å²) in [6.45, 7) is 11.6. The predicted octanol–water partition coefficient (Wildman–Crippen LogP) is 2.03. The lowest BCUT2D eigenvalue weighted by atomic mass is 9.93. The van der Waals surface area contributed by atoms with Gasteiger partial charge in [-0.1, -0.05) is 20.8 Å². The molecule has 0 saturated carbocycles. The van der Waals surface area contributed by atoms with Gasteiger partial charge in [0.15, 0.2) is 0 Å². The van der Waals surface area contributed by atoms with Crippen LogP contribution in [0.1, 0.15) is 46.2 Å². The van der Waals surface area contributed by atoms with Crippen molar-refractivity contribution in [2.45, 2.75) is 59.7 Å². The van der Waals surface area contributed by atoms with E-state index >= 15 is 0 Å². The Morgan fingerprint density at radius 2 is 2.05 bits per heavy atom. The van der Waals surface area contributed by atoms with Crippen LogP contribution >= 0.6 is 0 Å². The third kappa shape index (κ3) is 4.06. The van der Waals surface area contributed by atoms with Gasteiger partial charge in [-0.15, -0.1) is 0 Å². The summed E-state index contributed by atoms with van der Waals surface area (Å²) < 4.78 is 2.02. The zero-order valence-corrected chi connectivity index (χ0v) is 13.7. The second-order valence-electron chi connectivity index (χ2n) is 6.84. The molecule has 1 aromatic heterocycles. The second kappa shape index (κ2) is 6.60. The maximum absolute atomic E-state index is 12.2. The number of aryl methyl sites for hydroxylation is 1. The minimum atomic E-state index is -0.270.